The lowest BCUT2D eigenvalue weighted by molar-refractivity contribution is 0.0692. The van der Waals surface area contributed by atoms with Gasteiger partial charge in [-0.25, -0.2) is 9.78 Å². The van der Waals surface area contributed by atoms with Crippen LogP contribution in [0.15, 0.2) is 58.5 Å². The zero-order chi connectivity index (χ0) is 20.1. The van der Waals surface area contributed by atoms with Gasteiger partial charge >= 0.3 is 5.97 Å². The van der Waals surface area contributed by atoms with Crippen molar-refractivity contribution in [1.29, 1.82) is 5.26 Å². The fraction of sp³-hybridized carbons (Fsp3) is 0.100. The minimum Gasteiger partial charge on any atom is -0.488 e. The number of nitrogens with zero attached hydrogens (tertiary/aromatic N) is 2. The number of thioether (sulfide) groups is 1. The Morgan fingerprint density at radius 2 is 2.04 bits per heavy atom. The molecule has 0 saturated heterocycles. The van der Waals surface area contributed by atoms with E-state index in [2.05, 4.69) is 9.97 Å². The summed E-state index contributed by atoms with van der Waals surface area (Å²) in [4.78, 5) is 30.6. The molecule has 0 saturated carbocycles. The summed E-state index contributed by atoms with van der Waals surface area (Å²) in [6.45, 7) is 0.212. The lowest BCUT2D eigenvalue weighted by Crippen LogP contribution is -2.14. The van der Waals surface area contributed by atoms with Gasteiger partial charge in [0.15, 0.2) is 5.16 Å². The van der Waals surface area contributed by atoms with Crippen molar-refractivity contribution < 1.29 is 14.6 Å². The number of H-pyrrole nitrogens is 1. The van der Waals surface area contributed by atoms with Crippen LogP contribution in [-0.2, 0) is 6.61 Å². The molecule has 0 bridgehead atoms. The Labute approximate surface area is 164 Å². The van der Waals surface area contributed by atoms with E-state index in [1.807, 2.05) is 36.4 Å². The Morgan fingerprint density at radius 1 is 1.29 bits per heavy atom. The minimum atomic E-state index is -1.18. The van der Waals surface area contributed by atoms with Crippen LogP contribution in [0.1, 0.15) is 21.5 Å². The Bertz CT molecular complexity index is 1120. The van der Waals surface area contributed by atoms with E-state index >= 15 is 0 Å². The van der Waals surface area contributed by atoms with Gasteiger partial charge in [-0.2, -0.15) is 5.26 Å². The van der Waals surface area contributed by atoms with Gasteiger partial charge in [0.2, 0.25) is 0 Å². The van der Waals surface area contributed by atoms with Crippen LogP contribution in [-0.4, -0.2) is 27.3 Å². The Hall–Kier alpha value is -3.57. The topological polar surface area (TPSA) is 116 Å². The van der Waals surface area contributed by atoms with E-state index < -0.39 is 11.5 Å². The molecular formula is C20H15N3O4S. The van der Waals surface area contributed by atoms with Crippen molar-refractivity contribution in [1.82, 2.24) is 9.97 Å². The molecule has 0 aliphatic carbocycles. The number of nitriles is 1. The molecule has 0 aliphatic heterocycles. The van der Waals surface area contributed by atoms with Gasteiger partial charge in [-0.15, -0.1) is 0 Å². The van der Waals surface area contributed by atoms with E-state index in [1.165, 1.54) is 23.9 Å². The highest BCUT2D eigenvalue weighted by molar-refractivity contribution is 7.98. The van der Waals surface area contributed by atoms with E-state index in [1.54, 1.807) is 12.3 Å². The third kappa shape index (κ3) is 4.05. The smallest absolute Gasteiger partial charge is 0.339 e. The van der Waals surface area contributed by atoms with Crippen LogP contribution < -0.4 is 10.3 Å². The number of nitrogens with one attached hydrogen (secondary N) is 1. The number of carboxylic acid groups (broad SMARTS) is 1. The van der Waals surface area contributed by atoms with Gasteiger partial charge in [0.05, 0.1) is 5.69 Å². The van der Waals surface area contributed by atoms with Crippen LogP contribution in [0.3, 0.4) is 0 Å². The maximum Gasteiger partial charge on any atom is 0.339 e. The number of carbonyl (C=O) groups is 1. The summed E-state index contributed by atoms with van der Waals surface area (Å²) in [5, 5.41) is 19.2. The molecule has 7 nitrogen and oxygen atoms in total. The number of aromatic nitrogens is 2. The first-order valence-corrected chi connectivity index (χ1v) is 9.38. The molecule has 3 aromatic rings. The van der Waals surface area contributed by atoms with E-state index in [9.17, 15) is 20.0 Å². The monoisotopic (exact) mass is 393 g/mol. The second-order valence-electron chi connectivity index (χ2n) is 5.70. The second kappa shape index (κ2) is 8.41. The Kier molecular flexibility index (Phi) is 5.77. The first-order valence-electron chi connectivity index (χ1n) is 8.16. The number of aromatic carboxylic acids is 1. The Morgan fingerprint density at radius 3 is 2.68 bits per heavy atom. The molecule has 0 unspecified atom stereocenters. The SMILES string of the molecule is CSc1nc(-c2ccc(OCc3ccccc3)c(C(=O)O)c2)c(C#N)c(=O)[nH]1. The molecule has 0 amide bonds. The molecule has 1 heterocycles. The number of aromatic amines is 1. The average molecular weight is 393 g/mol. The highest BCUT2D eigenvalue weighted by Crippen LogP contribution is 2.28. The van der Waals surface area contributed by atoms with E-state index in [0.29, 0.717) is 10.7 Å². The maximum atomic E-state index is 12.1. The molecule has 0 aliphatic rings. The lowest BCUT2D eigenvalue weighted by atomic mass is 10.0. The van der Waals surface area contributed by atoms with Crippen molar-refractivity contribution in [2.24, 2.45) is 0 Å². The molecule has 1 aromatic heterocycles. The number of rotatable bonds is 6. The van der Waals surface area contributed by atoms with Crippen LogP contribution in [0.25, 0.3) is 11.3 Å². The van der Waals surface area contributed by atoms with Crippen molar-refractivity contribution in [3.63, 3.8) is 0 Å². The molecule has 2 aromatic carbocycles. The fourth-order valence-electron chi connectivity index (χ4n) is 2.57. The summed E-state index contributed by atoms with van der Waals surface area (Å²) in [6.07, 6.45) is 1.73. The van der Waals surface area contributed by atoms with Gasteiger partial charge < -0.3 is 14.8 Å². The summed E-state index contributed by atoms with van der Waals surface area (Å²) < 4.78 is 5.66. The third-order valence-electron chi connectivity index (χ3n) is 3.92. The van der Waals surface area contributed by atoms with E-state index in [0.717, 1.165) is 5.56 Å². The predicted octanol–water partition coefficient (Wildman–Crippen LogP) is 3.31. The maximum absolute atomic E-state index is 12.1. The van der Waals surface area contributed by atoms with Crippen LogP contribution in [0.2, 0.25) is 0 Å². The molecular weight excluding hydrogens is 378 g/mol. The molecule has 8 heteroatoms. The highest BCUT2D eigenvalue weighted by Gasteiger charge is 2.18. The van der Waals surface area contributed by atoms with Crippen LogP contribution in [0.4, 0.5) is 0 Å². The number of ether oxygens (including phenoxy) is 1. The minimum absolute atomic E-state index is 0.0786. The molecule has 2 N–H and O–H groups in total. The molecule has 0 radical (unpaired) electrons. The summed E-state index contributed by atoms with van der Waals surface area (Å²) in [6, 6.07) is 15.6. The predicted molar refractivity (Wildman–Crippen MR) is 105 cm³/mol. The van der Waals surface area contributed by atoms with Gasteiger partial charge in [0.1, 0.15) is 29.6 Å². The van der Waals surface area contributed by atoms with Crippen molar-refractivity contribution in [2.75, 3.05) is 6.26 Å². The first-order chi connectivity index (χ1) is 13.5. The standard InChI is InChI=1S/C20H15N3O4S/c1-28-20-22-17(15(10-21)18(24)23-20)13-7-8-16(14(9-13)19(25)26)27-11-12-5-3-2-4-6-12/h2-9H,11H2,1H3,(H,25,26)(H,22,23,24). The van der Waals surface area contributed by atoms with Crippen molar-refractivity contribution in [3.8, 4) is 23.1 Å². The quantitative estimate of drug-likeness (QED) is 0.487. The molecule has 28 heavy (non-hydrogen) atoms. The number of hydrogen-bond donors (Lipinski definition) is 2. The normalized spacial score (nSPS) is 10.3. The van der Waals surface area contributed by atoms with Gasteiger partial charge in [-0.1, -0.05) is 42.1 Å². The second-order valence-corrected chi connectivity index (χ2v) is 6.50. The van der Waals surface area contributed by atoms with E-state index in [-0.39, 0.29) is 29.2 Å². The van der Waals surface area contributed by atoms with Gasteiger partial charge in [0.25, 0.3) is 5.56 Å². The van der Waals surface area contributed by atoms with Gasteiger partial charge in [0, 0.05) is 5.56 Å². The molecule has 0 fully saturated rings. The van der Waals surface area contributed by atoms with Crippen LogP contribution >= 0.6 is 11.8 Å². The number of benzene rings is 2. The summed E-state index contributed by atoms with van der Waals surface area (Å²) >= 11 is 1.21. The zero-order valence-corrected chi connectivity index (χ0v) is 15.6. The molecule has 0 atom stereocenters. The highest BCUT2D eigenvalue weighted by atomic mass is 32.2. The zero-order valence-electron chi connectivity index (χ0n) is 14.8. The third-order valence-corrected chi connectivity index (χ3v) is 4.50. The van der Waals surface area contributed by atoms with Crippen molar-refractivity contribution in [3.05, 3.63) is 75.6 Å². The van der Waals surface area contributed by atoms with Crippen LogP contribution in [0.5, 0.6) is 5.75 Å². The van der Waals surface area contributed by atoms with Crippen molar-refractivity contribution >= 4 is 17.7 Å². The van der Waals surface area contributed by atoms with E-state index in [4.69, 9.17) is 4.74 Å². The molecule has 0 spiro atoms. The van der Waals surface area contributed by atoms with Crippen LogP contribution in [0, 0.1) is 11.3 Å². The average Bonchev–Trinajstić information content (AvgIpc) is 2.72. The van der Waals surface area contributed by atoms with Gasteiger partial charge in [-0.3, -0.25) is 4.79 Å². The number of hydrogen-bond acceptors (Lipinski definition) is 6. The lowest BCUT2D eigenvalue weighted by Gasteiger charge is -2.12. The van der Waals surface area contributed by atoms with Crippen molar-refractivity contribution in [2.45, 2.75) is 11.8 Å². The summed E-state index contributed by atoms with van der Waals surface area (Å²) in [5.41, 5.74) is 0.556. The Balaban J connectivity index is 2.02. The first kappa shape index (κ1) is 19.2. The molecule has 3 rings (SSSR count). The summed E-state index contributed by atoms with van der Waals surface area (Å²) in [7, 11) is 0. The largest absolute Gasteiger partial charge is 0.488 e. The van der Waals surface area contributed by atoms with Gasteiger partial charge in [-0.05, 0) is 30.0 Å². The number of carboxylic acids is 1. The molecule has 140 valence electrons. The fourth-order valence-corrected chi connectivity index (χ4v) is 2.94. The summed E-state index contributed by atoms with van der Waals surface area (Å²) in [5.74, 6) is -0.994.